The van der Waals surface area contributed by atoms with Crippen LogP contribution in [0.5, 0.6) is 0 Å². The van der Waals surface area contributed by atoms with Crippen LogP contribution in [0, 0.1) is 23.2 Å². The molecule has 2 rings (SSSR count). The maximum atomic E-state index is 9.60. The van der Waals surface area contributed by atoms with Crippen LogP contribution in [0.1, 0.15) is 59.3 Å². The molecule has 1 N–H and O–H groups in total. The van der Waals surface area contributed by atoms with Gasteiger partial charge in [0.2, 0.25) is 0 Å². The van der Waals surface area contributed by atoms with Crippen molar-refractivity contribution in [1.82, 2.24) is 0 Å². The van der Waals surface area contributed by atoms with Gasteiger partial charge < -0.3 is 9.84 Å². The van der Waals surface area contributed by atoms with Crippen molar-refractivity contribution in [3.05, 3.63) is 0 Å². The van der Waals surface area contributed by atoms with E-state index in [1.807, 2.05) is 0 Å². The monoisotopic (exact) mass is 254 g/mol. The normalized spacial score (nSPS) is 34.0. The summed E-state index contributed by atoms with van der Waals surface area (Å²) in [5.74, 6) is 2.37. The molecule has 4 unspecified atom stereocenters. The van der Waals surface area contributed by atoms with Gasteiger partial charge in [0.05, 0.1) is 19.3 Å². The SMILES string of the molecule is CC(CCC(C)C1CCC(O)C1)CC1(C)COC1. The Morgan fingerprint density at radius 3 is 2.44 bits per heavy atom. The molecule has 0 aromatic carbocycles. The first-order valence-corrected chi connectivity index (χ1v) is 7.74. The van der Waals surface area contributed by atoms with Gasteiger partial charge in [0.1, 0.15) is 0 Å². The molecule has 1 saturated carbocycles. The lowest BCUT2D eigenvalue weighted by atomic mass is 9.77. The topological polar surface area (TPSA) is 29.5 Å². The maximum absolute atomic E-state index is 9.60. The molecular formula is C16H30O2. The second-order valence-electron chi connectivity index (χ2n) is 7.39. The van der Waals surface area contributed by atoms with Crippen LogP contribution in [-0.2, 0) is 4.74 Å². The highest BCUT2D eigenvalue weighted by molar-refractivity contribution is 4.83. The van der Waals surface area contributed by atoms with Crippen LogP contribution in [-0.4, -0.2) is 24.4 Å². The summed E-state index contributed by atoms with van der Waals surface area (Å²) in [6, 6.07) is 0. The van der Waals surface area contributed by atoms with E-state index in [9.17, 15) is 5.11 Å². The molecule has 0 bridgehead atoms. The van der Waals surface area contributed by atoms with Crippen LogP contribution in [0.25, 0.3) is 0 Å². The average Bonchev–Trinajstić information content (AvgIpc) is 2.70. The lowest BCUT2D eigenvalue weighted by Crippen LogP contribution is -2.40. The lowest BCUT2D eigenvalue weighted by molar-refractivity contribution is -0.112. The van der Waals surface area contributed by atoms with E-state index in [-0.39, 0.29) is 6.10 Å². The van der Waals surface area contributed by atoms with E-state index in [4.69, 9.17) is 4.74 Å². The Balaban J connectivity index is 1.64. The number of hydrogen-bond donors (Lipinski definition) is 1. The van der Waals surface area contributed by atoms with Gasteiger partial charge in [-0.25, -0.2) is 0 Å². The Morgan fingerprint density at radius 2 is 1.94 bits per heavy atom. The molecule has 1 heterocycles. The molecule has 1 aliphatic carbocycles. The standard InChI is InChI=1S/C16H30O2/c1-12(9-16(3)10-18-11-16)4-5-13(2)14-6-7-15(17)8-14/h12-15,17H,4-11H2,1-3H3. The van der Waals surface area contributed by atoms with Crippen LogP contribution in [0.4, 0.5) is 0 Å². The summed E-state index contributed by atoms with van der Waals surface area (Å²) in [6.45, 7) is 9.04. The summed E-state index contributed by atoms with van der Waals surface area (Å²) in [5.41, 5.74) is 0.464. The Bertz CT molecular complexity index is 260. The molecule has 0 aromatic rings. The second-order valence-corrected chi connectivity index (χ2v) is 7.39. The van der Waals surface area contributed by atoms with E-state index in [1.165, 1.54) is 25.7 Å². The molecule has 2 heteroatoms. The van der Waals surface area contributed by atoms with Crippen molar-refractivity contribution >= 4 is 0 Å². The third kappa shape index (κ3) is 3.71. The molecule has 2 fully saturated rings. The van der Waals surface area contributed by atoms with Gasteiger partial charge in [0, 0.05) is 5.41 Å². The molecule has 0 spiro atoms. The van der Waals surface area contributed by atoms with Gasteiger partial charge in [-0.1, -0.05) is 33.6 Å². The molecule has 4 atom stereocenters. The zero-order valence-corrected chi connectivity index (χ0v) is 12.3. The second kappa shape index (κ2) is 5.92. The van der Waals surface area contributed by atoms with Gasteiger partial charge in [-0.15, -0.1) is 0 Å². The van der Waals surface area contributed by atoms with Gasteiger partial charge in [-0.05, 0) is 43.4 Å². The zero-order valence-electron chi connectivity index (χ0n) is 12.3. The van der Waals surface area contributed by atoms with E-state index < -0.39 is 0 Å². The summed E-state index contributed by atoms with van der Waals surface area (Å²) in [4.78, 5) is 0. The predicted octanol–water partition coefficient (Wildman–Crippen LogP) is 3.63. The minimum atomic E-state index is -0.0130. The first-order chi connectivity index (χ1) is 8.48. The summed E-state index contributed by atoms with van der Waals surface area (Å²) < 4.78 is 5.33. The van der Waals surface area contributed by atoms with E-state index in [0.29, 0.717) is 5.41 Å². The summed E-state index contributed by atoms with van der Waals surface area (Å²) in [5, 5.41) is 9.60. The van der Waals surface area contributed by atoms with Crippen molar-refractivity contribution in [2.45, 2.75) is 65.4 Å². The highest BCUT2D eigenvalue weighted by Gasteiger charge is 2.34. The number of ether oxygens (including phenoxy) is 1. The average molecular weight is 254 g/mol. The van der Waals surface area contributed by atoms with Gasteiger partial charge >= 0.3 is 0 Å². The highest BCUT2D eigenvalue weighted by Crippen LogP contribution is 2.38. The van der Waals surface area contributed by atoms with Crippen molar-refractivity contribution in [1.29, 1.82) is 0 Å². The van der Waals surface area contributed by atoms with Gasteiger partial charge in [0.15, 0.2) is 0 Å². The van der Waals surface area contributed by atoms with E-state index in [2.05, 4.69) is 20.8 Å². The minimum Gasteiger partial charge on any atom is -0.393 e. The van der Waals surface area contributed by atoms with Gasteiger partial charge in [0.25, 0.3) is 0 Å². The van der Waals surface area contributed by atoms with Crippen LogP contribution in [0.3, 0.4) is 0 Å². The van der Waals surface area contributed by atoms with Gasteiger partial charge in [-0.2, -0.15) is 0 Å². The van der Waals surface area contributed by atoms with Crippen molar-refractivity contribution in [2.75, 3.05) is 13.2 Å². The molecule has 0 amide bonds. The number of aliphatic hydroxyl groups excluding tert-OH is 1. The summed E-state index contributed by atoms with van der Waals surface area (Å²) in [6.07, 6.45) is 7.27. The van der Waals surface area contributed by atoms with E-state index >= 15 is 0 Å². The predicted molar refractivity (Wildman–Crippen MR) is 74.5 cm³/mol. The van der Waals surface area contributed by atoms with Crippen molar-refractivity contribution < 1.29 is 9.84 Å². The van der Waals surface area contributed by atoms with Crippen molar-refractivity contribution in [3.63, 3.8) is 0 Å². The lowest BCUT2D eigenvalue weighted by Gasteiger charge is -2.40. The summed E-state index contributed by atoms with van der Waals surface area (Å²) >= 11 is 0. The molecule has 0 aromatic heterocycles. The molecule has 106 valence electrons. The first kappa shape index (κ1) is 14.3. The molecule has 1 aliphatic heterocycles. The smallest absolute Gasteiger partial charge is 0.0543 e. The maximum Gasteiger partial charge on any atom is 0.0543 e. The van der Waals surface area contributed by atoms with Crippen LogP contribution in [0.2, 0.25) is 0 Å². The fourth-order valence-corrected chi connectivity index (χ4v) is 3.80. The molecule has 18 heavy (non-hydrogen) atoms. The molecular weight excluding hydrogens is 224 g/mol. The third-order valence-corrected chi connectivity index (χ3v) is 5.11. The quantitative estimate of drug-likeness (QED) is 0.784. The Morgan fingerprint density at radius 1 is 1.22 bits per heavy atom. The largest absolute Gasteiger partial charge is 0.393 e. The highest BCUT2D eigenvalue weighted by atomic mass is 16.5. The van der Waals surface area contributed by atoms with Crippen LogP contribution >= 0.6 is 0 Å². The Kier molecular flexibility index (Phi) is 4.71. The number of rotatable bonds is 6. The van der Waals surface area contributed by atoms with Crippen molar-refractivity contribution in [3.8, 4) is 0 Å². The Labute approximate surface area is 112 Å². The van der Waals surface area contributed by atoms with E-state index in [0.717, 1.165) is 43.8 Å². The zero-order chi connectivity index (χ0) is 13.2. The third-order valence-electron chi connectivity index (χ3n) is 5.11. The van der Waals surface area contributed by atoms with Gasteiger partial charge in [-0.3, -0.25) is 0 Å². The van der Waals surface area contributed by atoms with Crippen LogP contribution in [0.15, 0.2) is 0 Å². The fourth-order valence-electron chi connectivity index (χ4n) is 3.80. The number of aliphatic hydroxyl groups is 1. The molecule has 2 aliphatic rings. The Hall–Kier alpha value is -0.0800. The number of hydrogen-bond acceptors (Lipinski definition) is 2. The minimum absolute atomic E-state index is 0.0130. The van der Waals surface area contributed by atoms with Crippen molar-refractivity contribution in [2.24, 2.45) is 23.2 Å². The fraction of sp³-hybridized carbons (Fsp3) is 1.00. The first-order valence-electron chi connectivity index (χ1n) is 7.74. The molecule has 0 radical (unpaired) electrons. The van der Waals surface area contributed by atoms with Crippen LogP contribution < -0.4 is 0 Å². The molecule has 2 nitrogen and oxygen atoms in total. The summed E-state index contributed by atoms with van der Waals surface area (Å²) in [7, 11) is 0. The molecule has 1 saturated heterocycles. The van der Waals surface area contributed by atoms with E-state index in [1.54, 1.807) is 0 Å².